The van der Waals surface area contributed by atoms with E-state index in [1.807, 2.05) is 37.3 Å². The molecule has 7 nitrogen and oxygen atoms in total. The third-order valence-corrected chi connectivity index (χ3v) is 5.67. The van der Waals surface area contributed by atoms with Gasteiger partial charge >= 0.3 is 11.7 Å². The fourth-order valence-corrected chi connectivity index (χ4v) is 3.72. The zero-order chi connectivity index (χ0) is 23.8. The minimum Gasteiger partial charge on any atom is -0.478 e. The van der Waals surface area contributed by atoms with Gasteiger partial charge in [-0.15, -0.1) is 0 Å². The van der Waals surface area contributed by atoms with E-state index in [4.69, 9.17) is 4.74 Å². The van der Waals surface area contributed by atoms with Crippen LogP contribution in [0.3, 0.4) is 0 Å². The minimum absolute atomic E-state index is 0.0388. The fraction of sp³-hybridized carbons (Fsp3) is 0.423. The van der Waals surface area contributed by atoms with E-state index in [0.717, 1.165) is 43.5 Å². The monoisotopic (exact) mass is 451 g/mol. The summed E-state index contributed by atoms with van der Waals surface area (Å²) >= 11 is 0. The molecule has 0 amide bonds. The second-order valence-electron chi connectivity index (χ2n) is 8.67. The average molecular weight is 452 g/mol. The van der Waals surface area contributed by atoms with E-state index in [2.05, 4.69) is 17.2 Å². The van der Waals surface area contributed by atoms with E-state index >= 15 is 0 Å². The smallest absolute Gasteiger partial charge is 0.347 e. The summed E-state index contributed by atoms with van der Waals surface area (Å²) in [5, 5.41) is 13.8. The third kappa shape index (κ3) is 6.57. The summed E-state index contributed by atoms with van der Waals surface area (Å²) in [6.45, 7) is 6.24. The third-order valence-electron chi connectivity index (χ3n) is 5.67. The topological polar surface area (TPSA) is 86.3 Å². The van der Waals surface area contributed by atoms with Crippen LogP contribution in [-0.4, -0.2) is 31.0 Å². The number of carboxylic acid groups (broad SMARTS) is 1. The Morgan fingerprint density at radius 3 is 2.24 bits per heavy atom. The van der Waals surface area contributed by atoms with E-state index in [9.17, 15) is 14.7 Å². The lowest BCUT2D eigenvalue weighted by atomic mass is 10.1. The molecule has 3 rings (SSSR count). The van der Waals surface area contributed by atoms with E-state index in [1.165, 1.54) is 19.4 Å². The van der Waals surface area contributed by atoms with Gasteiger partial charge in [-0.25, -0.2) is 14.3 Å². The first-order valence-corrected chi connectivity index (χ1v) is 11.5. The molecule has 0 unspecified atom stereocenters. The number of carboxylic acids is 1. The van der Waals surface area contributed by atoms with Gasteiger partial charge in [0.2, 0.25) is 0 Å². The van der Waals surface area contributed by atoms with Crippen molar-refractivity contribution >= 4 is 5.97 Å². The Labute approximate surface area is 194 Å². The van der Waals surface area contributed by atoms with Crippen LogP contribution in [0.5, 0.6) is 5.75 Å². The number of ether oxygens (including phenoxy) is 1. The van der Waals surface area contributed by atoms with Gasteiger partial charge in [0.15, 0.2) is 5.60 Å². The molecular weight excluding hydrogens is 418 g/mol. The Bertz CT molecular complexity index is 1100. The van der Waals surface area contributed by atoms with Crippen LogP contribution in [0.1, 0.15) is 50.6 Å². The molecule has 0 saturated carbocycles. The van der Waals surface area contributed by atoms with Crippen molar-refractivity contribution < 1.29 is 14.6 Å². The molecule has 1 aromatic heterocycles. The van der Waals surface area contributed by atoms with Crippen molar-refractivity contribution in [2.45, 2.75) is 71.6 Å². The molecule has 0 bridgehead atoms. The summed E-state index contributed by atoms with van der Waals surface area (Å²) < 4.78 is 8.90. The maximum atomic E-state index is 12.7. The molecule has 0 aliphatic heterocycles. The Hall–Kier alpha value is -3.35. The quantitative estimate of drug-likeness (QED) is 0.448. The van der Waals surface area contributed by atoms with Crippen LogP contribution in [0.25, 0.3) is 0 Å². The van der Waals surface area contributed by atoms with Crippen LogP contribution in [0.4, 0.5) is 0 Å². The maximum absolute atomic E-state index is 12.7. The average Bonchev–Trinajstić information content (AvgIpc) is 3.09. The van der Waals surface area contributed by atoms with Gasteiger partial charge in [0.1, 0.15) is 11.6 Å². The van der Waals surface area contributed by atoms with Crippen LogP contribution in [0.15, 0.2) is 59.4 Å². The first kappa shape index (κ1) is 24.3. The molecule has 3 aromatic rings. The van der Waals surface area contributed by atoms with Crippen molar-refractivity contribution in [2.24, 2.45) is 0 Å². The first-order valence-electron chi connectivity index (χ1n) is 11.5. The number of carbonyl (C=O) groups is 1. The van der Waals surface area contributed by atoms with Crippen molar-refractivity contribution in [2.75, 3.05) is 0 Å². The number of rotatable bonds is 12. The highest BCUT2D eigenvalue weighted by atomic mass is 16.5. The summed E-state index contributed by atoms with van der Waals surface area (Å²) in [6, 6.07) is 17.8. The number of nitrogens with zero attached hydrogens (tertiary/aromatic N) is 3. The van der Waals surface area contributed by atoms with Crippen LogP contribution < -0.4 is 10.4 Å². The summed E-state index contributed by atoms with van der Waals surface area (Å²) in [6.07, 6.45) is 4.21. The molecule has 7 heteroatoms. The summed E-state index contributed by atoms with van der Waals surface area (Å²) in [4.78, 5) is 23.9. The van der Waals surface area contributed by atoms with Gasteiger partial charge in [-0.2, -0.15) is 5.10 Å². The number of aromatic nitrogens is 3. The lowest BCUT2D eigenvalue weighted by molar-refractivity contribution is -0.152. The number of aliphatic carboxylic acids is 1. The molecule has 33 heavy (non-hydrogen) atoms. The SMILES string of the molecule is CCn1c(CCCc2ccc(OC(C)(C)C(=O)O)cc2)nn(CCCc2ccccc2)c1=O. The maximum Gasteiger partial charge on any atom is 0.347 e. The fourth-order valence-electron chi connectivity index (χ4n) is 3.72. The van der Waals surface area contributed by atoms with Crippen molar-refractivity contribution in [1.29, 1.82) is 0 Å². The molecule has 1 N–H and O–H groups in total. The number of hydrogen-bond acceptors (Lipinski definition) is 4. The minimum atomic E-state index is -1.27. The van der Waals surface area contributed by atoms with Gasteiger partial charge in [0.25, 0.3) is 0 Å². The molecule has 0 aliphatic rings. The molecule has 0 atom stereocenters. The van der Waals surface area contributed by atoms with Gasteiger partial charge in [-0.05, 0) is 69.7 Å². The van der Waals surface area contributed by atoms with Gasteiger partial charge in [0, 0.05) is 19.5 Å². The molecule has 0 fully saturated rings. The largest absolute Gasteiger partial charge is 0.478 e. The second-order valence-corrected chi connectivity index (χ2v) is 8.67. The van der Waals surface area contributed by atoms with Crippen LogP contribution in [-0.2, 0) is 37.1 Å². The summed E-state index contributed by atoms with van der Waals surface area (Å²) in [5.74, 6) is 0.346. The Morgan fingerprint density at radius 2 is 1.61 bits per heavy atom. The van der Waals surface area contributed by atoms with E-state index in [1.54, 1.807) is 21.4 Å². The first-order chi connectivity index (χ1) is 15.8. The number of benzene rings is 2. The standard InChI is InChI=1S/C26H33N3O4/c1-4-28-23(27-29(25(28)32)19-9-13-20-10-6-5-7-11-20)14-8-12-21-15-17-22(18-16-21)33-26(2,3)24(30)31/h5-7,10-11,15-18H,4,8-9,12-14,19H2,1-3H3,(H,30,31). The highest BCUT2D eigenvalue weighted by Crippen LogP contribution is 2.20. The molecule has 0 saturated heterocycles. The predicted octanol–water partition coefficient (Wildman–Crippen LogP) is 4.11. The van der Waals surface area contributed by atoms with Gasteiger partial charge in [-0.3, -0.25) is 4.57 Å². The van der Waals surface area contributed by atoms with E-state index < -0.39 is 11.6 Å². The molecular formula is C26H33N3O4. The van der Waals surface area contributed by atoms with Gasteiger partial charge in [0.05, 0.1) is 0 Å². The van der Waals surface area contributed by atoms with Crippen molar-refractivity contribution in [3.63, 3.8) is 0 Å². The van der Waals surface area contributed by atoms with Crippen molar-refractivity contribution in [3.05, 3.63) is 82.0 Å². The Balaban J connectivity index is 1.54. The van der Waals surface area contributed by atoms with Crippen LogP contribution >= 0.6 is 0 Å². The molecule has 0 radical (unpaired) electrons. The lowest BCUT2D eigenvalue weighted by Crippen LogP contribution is -2.37. The van der Waals surface area contributed by atoms with Crippen molar-refractivity contribution in [1.82, 2.24) is 14.3 Å². The molecule has 0 spiro atoms. The molecule has 176 valence electrons. The molecule has 0 aliphatic carbocycles. The van der Waals surface area contributed by atoms with Crippen LogP contribution in [0.2, 0.25) is 0 Å². The number of aryl methyl sites for hydroxylation is 4. The zero-order valence-electron chi connectivity index (χ0n) is 19.7. The highest BCUT2D eigenvalue weighted by Gasteiger charge is 2.29. The van der Waals surface area contributed by atoms with Gasteiger partial charge < -0.3 is 9.84 Å². The van der Waals surface area contributed by atoms with Gasteiger partial charge in [-0.1, -0.05) is 42.5 Å². The molecule has 1 heterocycles. The lowest BCUT2D eigenvalue weighted by Gasteiger charge is -2.21. The second kappa shape index (κ2) is 11.0. The number of hydrogen-bond donors (Lipinski definition) is 1. The van der Waals surface area contributed by atoms with E-state index in [-0.39, 0.29) is 5.69 Å². The predicted molar refractivity (Wildman–Crippen MR) is 128 cm³/mol. The van der Waals surface area contributed by atoms with Crippen LogP contribution in [0, 0.1) is 0 Å². The highest BCUT2D eigenvalue weighted by molar-refractivity contribution is 5.76. The zero-order valence-corrected chi connectivity index (χ0v) is 19.7. The Kier molecular flexibility index (Phi) is 8.09. The van der Waals surface area contributed by atoms with Crippen molar-refractivity contribution in [3.8, 4) is 5.75 Å². The normalized spacial score (nSPS) is 11.5. The van der Waals surface area contributed by atoms with E-state index in [0.29, 0.717) is 18.8 Å². The summed E-state index contributed by atoms with van der Waals surface area (Å²) in [5.41, 5.74) is 1.08. The Morgan fingerprint density at radius 1 is 0.970 bits per heavy atom. The molecule has 2 aromatic carbocycles. The summed E-state index contributed by atoms with van der Waals surface area (Å²) in [7, 11) is 0.